The van der Waals surface area contributed by atoms with Crippen LogP contribution in [0.15, 0.2) is 0 Å². The van der Waals surface area contributed by atoms with Crippen molar-refractivity contribution in [3.8, 4) is 0 Å². The second-order valence-corrected chi connectivity index (χ2v) is 4.11. The molecule has 1 rings (SSSR count). The summed E-state index contributed by atoms with van der Waals surface area (Å²) in [7, 11) is 1.71. The van der Waals surface area contributed by atoms with Crippen molar-refractivity contribution in [3.63, 3.8) is 0 Å². The summed E-state index contributed by atoms with van der Waals surface area (Å²) in [4.78, 5) is 0. The van der Waals surface area contributed by atoms with Gasteiger partial charge in [0.1, 0.15) is 0 Å². The summed E-state index contributed by atoms with van der Waals surface area (Å²) < 4.78 is 10.9. The van der Waals surface area contributed by atoms with Gasteiger partial charge in [0.25, 0.3) is 0 Å². The van der Waals surface area contributed by atoms with Gasteiger partial charge in [-0.3, -0.25) is 0 Å². The monoisotopic (exact) mass is 201 g/mol. The zero-order valence-corrected chi connectivity index (χ0v) is 9.58. The number of rotatable bonds is 8. The standard InChI is InChI=1S/C11H23NO2/c1-4-11(7-12-10-5-6-10)14-9(2)8-13-3/h9-12H,4-8H2,1-3H3. The molecule has 0 aromatic rings. The highest BCUT2D eigenvalue weighted by Gasteiger charge is 2.22. The number of hydrogen-bond donors (Lipinski definition) is 1. The molecule has 14 heavy (non-hydrogen) atoms. The Bertz CT molecular complexity index is 148. The van der Waals surface area contributed by atoms with Crippen molar-refractivity contribution in [3.05, 3.63) is 0 Å². The molecule has 3 nitrogen and oxygen atoms in total. The zero-order valence-electron chi connectivity index (χ0n) is 9.58. The van der Waals surface area contributed by atoms with E-state index in [1.165, 1.54) is 12.8 Å². The maximum atomic E-state index is 5.83. The minimum Gasteiger partial charge on any atom is -0.382 e. The lowest BCUT2D eigenvalue weighted by Crippen LogP contribution is -2.33. The molecule has 1 saturated carbocycles. The predicted octanol–water partition coefficient (Wildman–Crippen LogP) is 1.57. The molecule has 84 valence electrons. The maximum absolute atomic E-state index is 5.83. The summed E-state index contributed by atoms with van der Waals surface area (Å²) in [5.41, 5.74) is 0. The number of ether oxygens (including phenoxy) is 2. The van der Waals surface area contributed by atoms with Crippen LogP contribution in [-0.4, -0.2) is 38.5 Å². The predicted molar refractivity (Wildman–Crippen MR) is 57.5 cm³/mol. The molecule has 0 aromatic carbocycles. The molecule has 0 aliphatic heterocycles. The van der Waals surface area contributed by atoms with Gasteiger partial charge in [-0.2, -0.15) is 0 Å². The first kappa shape index (κ1) is 12.0. The van der Waals surface area contributed by atoms with Crippen LogP contribution < -0.4 is 5.32 Å². The van der Waals surface area contributed by atoms with Gasteiger partial charge in [0.2, 0.25) is 0 Å². The molecule has 1 fully saturated rings. The summed E-state index contributed by atoms with van der Waals surface area (Å²) >= 11 is 0. The average molecular weight is 201 g/mol. The van der Waals surface area contributed by atoms with E-state index in [-0.39, 0.29) is 6.10 Å². The fraction of sp³-hybridized carbons (Fsp3) is 1.00. The Balaban J connectivity index is 2.08. The fourth-order valence-electron chi connectivity index (χ4n) is 1.48. The van der Waals surface area contributed by atoms with Gasteiger partial charge in [0.15, 0.2) is 0 Å². The van der Waals surface area contributed by atoms with E-state index in [9.17, 15) is 0 Å². The van der Waals surface area contributed by atoms with Crippen molar-refractivity contribution < 1.29 is 9.47 Å². The van der Waals surface area contributed by atoms with Gasteiger partial charge < -0.3 is 14.8 Å². The van der Waals surface area contributed by atoms with E-state index >= 15 is 0 Å². The lowest BCUT2D eigenvalue weighted by molar-refractivity contribution is -0.0390. The molecule has 0 radical (unpaired) electrons. The van der Waals surface area contributed by atoms with Crippen LogP contribution in [0.5, 0.6) is 0 Å². The van der Waals surface area contributed by atoms with Crippen LogP contribution in [0.4, 0.5) is 0 Å². The van der Waals surface area contributed by atoms with E-state index in [2.05, 4.69) is 19.2 Å². The van der Waals surface area contributed by atoms with Crippen LogP contribution in [-0.2, 0) is 9.47 Å². The fourth-order valence-corrected chi connectivity index (χ4v) is 1.48. The molecule has 1 aliphatic rings. The highest BCUT2D eigenvalue weighted by atomic mass is 16.5. The van der Waals surface area contributed by atoms with Crippen LogP contribution in [0.25, 0.3) is 0 Å². The van der Waals surface area contributed by atoms with Crippen molar-refractivity contribution in [2.45, 2.75) is 51.4 Å². The Hall–Kier alpha value is -0.120. The van der Waals surface area contributed by atoms with Gasteiger partial charge in [-0.1, -0.05) is 6.92 Å². The van der Waals surface area contributed by atoms with Gasteiger partial charge in [0, 0.05) is 19.7 Å². The topological polar surface area (TPSA) is 30.5 Å². The lowest BCUT2D eigenvalue weighted by atomic mass is 10.2. The third-order valence-electron chi connectivity index (χ3n) is 2.49. The Labute approximate surface area is 87.2 Å². The maximum Gasteiger partial charge on any atom is 0.0784 e. The van der Waals surface area contributed by atoms with Crippen molar-refractivity contribution in [1.82, 2.24) is 5.32 Å². The first-order valence-corrected chi connectivity index (χ1v) is 5.64. The smallest absolute Gasteiger partial charge is 0.0784 e. The normalized spacial score (nSPS) is 20.8. The lowest BCUT2D eigenvalue weighted by Gasteiger charge is -2.21. The number of nitrogens with one attached hydrogen (secondary N) is 1. The van der Waals surface area contributed by atoms with Gasteiger partial charge in [0.05, 0.1) is 18.8 Å². The van der Waals surface area contributed by atoms with Crippen molar-refractivity contribution in [2.24, 2.45) is 0 Å². The van der Waals surface area contributed by atoms with Crippen LogP contribution in [0.1, 0.15) is 33.1 Å². The van der Waals surface area contributed by atoms with Crippen LogP contribution >= 0.6 is 0 Å². The molecular formula is C11H23NO2. The van der Waals surface area contributed by atoms with E-state index in [1.54, 1.807) is 7.11 Å². The third-order valence-corrected chi connectivity index (χ3v) is 2.49. The first-order valence-electron chi connectivity index (χ1n) is 5.64. The van der Waals surface area contributed by atoms with Crippen LogP contribution in [0.3, 0.4) is 0 Å². The highest BCUT2D eigenvalue weighted by Crippen LogP contribution is 2.18. The van der Waals surface area contributed by atoms with E-state index in [0.717, 1.165) is 19.0 Å². The second-order valence-electron chi connectivity index (χ2n) is 4.11. The van der Waals surface area contributed by atoms with Gasteiger partial charge >= 0.3 is 0 Å². The third kappa shape index (κ3) is 4.94. The summed E-state index contributed by atoms with van der Waals surface area (Å²) in [6.45, 7) is 5.89. The summed E-state index contributed by atoms with van der Waals surface area (Å²) in [6, 6.07) is 0.769. The minimum absolute atomic E-state index is 0.200. The van der Waals surface area contributed by atoms with Crippen molar-refractivity contribution in [2.75, 3.05) is 20.3 Å². The van der Waals surface area contributed by atoms with E-state index in [0.29, 0.717) is 12.7 Å². The Morgan fingerprint density at radius 3 is 2.64 bits per heavy atom. The van der Waals surface area contributed by atoms with Crippen LogP contribution in [0, 0.1) is 0 Å². The molecule has 0 spiro atoms. The highest BCUT2D eigenvalue weighted by molar-refractivity contribution is 4.82. The van der Waals surface area contributed by atoms with Crippen molar-refractivity contribution >= 4 is 0 Å². The summed E-state index contributed by atoms with van der Waals surface area (Å²) in [5.74, 6) is 0. The summed E-state index contributed by atoms with van der Waals surface area (Å²) in [6.07, 6.45) is 4.27. The number of methoxy groups -OCH3 is 1. The first-order chi connectivity index (χ1) is 6.76. The minimum atomic E-state index is 0.200. The Morgan fingerprint density at radius 2 is 2.14 bits per heavy atom. The molecule has 3 heteroatoms. The van der Waals surface area contributed by atoms with Crippen molar-refractivity contribution in [1.29, 1.82) is 0 Å². The van der Waals surface area contributed by atoms with E-state index in [1.807, 2.05) is 0 Å². The average Bonchev–Trinajstić information content (AvgIpc) is 2.96. The Kier molecular flexibility index (Phi) is 5.45. The Morgan fingerprint density at radius 1 is 1.43 bits per heavy atom. The molecule has 1 N–H and O–H groups in total. The quantitative estimate of drug-likeness (QED) is 0.646. The zero-order chi connectivity index (χ0) is 10.4. The molecule has 2 atom stereocenters. The van der Waals surface area contributed by atoms with Gasteiger partial charge in [-0.15, -0.1) is 0 Å². The SMILES string of the molecule is CCC(CNC1CC1)OC(C)COC. The van der Waals surface area contributed by atoms with E-state index < -0.39 is 0 Å². The second kappa shape index (κ2) is 6.38. The molecule has 0 saturated heterocycles. The summed E-state index contributed by atoms with van der Waals surface area (Å²) in [5, 5.41) is 3.49. The molecule has 0 bridgehead atoms. The molecule has 0 amide bonds. The van der Waals surface area contributed by atoms with Gasteiger partial charge in [-0.25, -0.2) is 0 Å². The number of hydrogen-bond acceptors (Lipinski definition) is 3. The largest absolute Gasteiger partial charge is 0.382 e. The van der Waals surface area contributed by atoms with Gasteiger partial charge in [-0.05, 0) is 26.2 Å². The molecule has 0 heterocycles. The molecule has 1 aliphatic carbocycles. The molecule has 0 aromatic heterocycles. The molecule has 2 unspecified atom stereocenters. The van der Waals surface area contributed by atoms with Crippen LogP contribution in [0.2, 0.25) is 0 Å². The molecular weight excluding hydrogens is 178 g/mol. The van der Waals surface area contributed by atoms with E-state index in [4.69, 9.17) is 9.47 Å².